The maximum Gasteiger partial charge on any atom is 0.328 e. The molecular weight excluding hydrogens is 328 g/mol. The van der Waals surface area contributed by atoms with E-state index in [1.165, 1.54) is 0 Å². The van der Waals surface area contributed by atoms with Gasteiger partial charge >= 0.3 is 5.97 Å². The molecule has 20 heavy (non-hydrogen) atoms. The fourth-order valence-corrected chi connectivity index (χ4v) is 2.71. The Morgan fingerprint density at radius 1 is 1.40 bits per heavy atom. The molecule has 2 N–H and O–H groups in total. The number of hydrogen-bond donors (Lipinski definition) is 2. The number of carbonyl (C=O) groups is 3. The third-order valence-corrected chi connectivity index (χ3v) is 3.48. The van der Waals surface area contributed by atoms with Crippen LogP contribution >= 0.6 is 15.9 Å². The molecule has 7 heteroatoms. The topological polar surface area (TPSA) is 86.7 Å². The Balaban J connectivity index is 2.33. The first-order valence-corrected chi connectivity index (χ1v) is 6.75. The van der Waals surface area contributed by atoms with Crippen molar-refractivity contribution in [3.8, 4) is 0 Å². The normalized spacial score (nSPS) is 18.6. The number of nitrogens with zero attached hydrogens (tertiary/aromatic N) is 1. The molecule has 1 fully saturated rings. The fraction of sp³-hybridized carbons (Fsp3) is 0.308. The monoisotopic (exact) mass is 340 g/mol. The van der Waals surface area contributed by atoms with Crippen LogP contribution in [0.25, 0.3) is 0 Å². The zero-order valence-electron chi connectivity index (χ0n) is 10.7. The molecule has 1 heterocycles. The van der Waals surface area contributed by atoms with E-state index in [4.69, 9.17) is 5.11 Å². The number of nitrogens with one attached hydrogen (secondary N) is 1. The highest BCUT2D eigenvalue weighted by Gasteiger charge is 2.35. The lowest BCUT2D eigenvalue weighted by Crippen LogP contribution is -2.59. The number of piperazine rings is 1. The molecule has 0 aliphatic carbocycles. The second-order valence-corrected chi connectivity index (χ2v) is 5.52. The van der Waals surface area contributed by atoms with Crippen molar-refractivity contribution in [3.63, 3.8) is 0 Å². The molecule has 0 spiro atoms. The molecule has 2 rings (SSSR count). The van der Waals surface area contributed by atoms with E-state index in [1.54, 1.807) is 12.1 Å². The van der Waals surface area contributed by atoms with Gasteiger partial charge in [-0.1, -0.05) is 15.9 Å². The largest absolute Gasteiger partial charge is 0.480 e. The van der Waals surface area contributed by atoms with Crippen LogP contribution in [0.15, 0.2) is 22.7 Å². The van der Waals surface area contributed by atoms with Crippen LogP contribution < -0.4 is 5.32 Å². The lowest BCUT2D eigenvalue weighted by atomic mass is 10.1. The van der Waals surface area contributed by atoms with Crippen molar-refractivity contribution in [2.75, 3.05) is 13.1 Å². The van der Waals surface area contributed by atoms with E-state index in [-0.39, 0.29) is 19.0 Å². The molecule has 1 saturated heterocycles. The predicted molar refractivity (Wildman–Crippen MR) is 74.3 cm³/mol. The van der Waals surface area contributed by atoms with Gasteiger partial charge in [0.1, 0.15) is 12.6 Å². The van der Waals surface area contributed by atoms with Crippen LogP contribution in [0.4, 0.5) is 0 Å². The minimum Gasteiger partial charge on any atom is -0.480 e. The second-order valence-electron chi connectivity index (χ2n) is 4.61. The van der Waals surface area contributed by atoms with Crippen LogP contribution in [0.5, 0.6) is 0 Å². The predicted octanol–water partition coefficient (Wildman–Crippen LogP) is 0.783. The molecule has 106 valence electrons. The minimum atomic E-state index is -1.13. The minimum absolute atomic E-state index is 0.0765. The maximum atomic E-state index is 12.4. The molecule has 0 aromatic heterocycles. The average molecular weight is 341 g/mol. The Kier molecular flexibility index (Phi) is 4.08. The lowest BCUT2D eigenvalue weighted by molar-refractivity contribution is -0.144. The Bertz CT molecular complexity index is 567. The van der Waals surface area contributed by atoms with Gasteiger partial charge in [0.2, 0.25) is 5.91 Å². The van der Waals surface area contributed by atoms with Crippen LogP contribution in [0.1, 0.15) is 15.9 Å². The number of halogens is 1. The van der Waals surface area contributed by atoms with Gasteiger partial charge in [0.15, 0.2) is 0 Å². The third kappa shape index (κ3) is 2.98. The van der Waals surface area contributed by atoms with Gasteiger partial charge in [0.25, 0.3) is 5.91 Å². The molecule has 0 bridgehead atoms. The summed E-state index contributed by atoms with van der Waals surface area (Å²) >= 11 is 3.29. The summed E-state index contributed by atoms with van der Waals surface area (Å²) in [7, 11) is 0. The highest BCUT2D eigenvalue weighted by Crippen LogP contribution is 2.18. The fourth-order valence-electron chi connectivity index (χ4n) is 2.10. The summed E-state index contributed by atoms with van der Waals surface area (Å²) < 4.78 is 0.731. The van der Waals surface area contributed by atoms with Crippen molar-refractivity contribution < 1.29 is 19.5 Å². The number of aryl methyl sites for hydroxylation is 1. The smallest absolute Gasteiger partial charge is 0.328 e. The maximum absolute atomic E-state index is 12.4. The summed E-state index contributed by atoms with van der Waals surface area (Å²) in [6.45, 7) is 1.51. The van der Waals surface area contributed by atoms with Gasteiger partial charge in [0, 0.05) is 16.6 Å². The number of hydrogen-bond acceptors (Lipinski definition) is 3. The van der Waals surface area contributed by atoms with E-state index >= 15 is 0 Å². The molecule has 1 atom stereocenters. The van der Waals surface area contributed by atoms with Crippen LogP contribution in [0.2, 0.25) is 0 Å². The number of carboxylic acid groups (broad SMARTS) is 1. The summed E-state index contributed by atoms with van der Waals surface area (Å²) in [5.74, 6) is -1.95. The summed E-state index contributed by atoms with van der Waals surface area (Å²) in [6.07, 6.45) is 0. The van der Waals surface area contributed by atoms with Gasteiger partial charge in [-0.3, -0.25) is 9.59 Å². The quantitative estimate of drug-likeness (QED) is 0.832. The van der Waals surface area contributed by atoms with Crippen molar-refractivity contribution in [2.24, 2.45) is 0 Å². The molecule has 1 aromatic carbocycles. The van der Waals surface area contributed by atoms with E-state index in [1.807, 2.05) is 13.0 Å². The van der Waals surface area contributed by atoms with E-state index < -0.39 is 17.9 Å². The van der Waals surface area contributed by atoms with Gasteiger partial charge in [-0.2, -0.15) is 0 Å². The van der Waals surface area contributed by atoms with E-state index in [0.29, 0.717) is 5.56 Å². The molecule has 1 unspecified atom stereocenters. The van der Waals surface area contributed by atoms with E-state index in [9.17, 15) is 14.4 Å². The van der Waals surface area contributed by atoms with Gasteiger partial charge in [-0.25, -0.2) is 4.79 Å². The molecule has 0 saturated carbocycles. The SMILES string of the molecule is Cc1cc(Br)cc(C(=O)N2CC(=O)NCC2C(=O)O)c1. The van der Waals surface area contributed by atoms with Gasteiger partial charge < -0.3 is 15.3 Å². The number of benzene rings is 1. The Labute approximate surface area is 123 Å². The first kappa shape index (κ1) is 14.5. The van der Waals surface area contributed by atoms with Crippen LogP contribution in [0, 0.1) is 6.92 Å². The van der Waals surface area contributed by atoms with Crippen molar-refractivity contribution in [1.29, 1.82) is 0 Å². The zero-order valence-corrected chi connectivity index (χ0v) is 12.3. The highest BCUT2D eigenvalue weighted by atomic mass is 79.9. The molecule has 6 nitrogen and oxygen atoms in total. The summed E-state index contributed by atoms with van der Waals surface area (Å²) in [5.41, 5.74) is 1.23. The van der Waals surface area contributed by atoms with Crippen molar-refractivity contribution in [1.82, 2.24) is 10.2 Å². The number of rotatable bonds is 2. The van der Waals surface area contributed by atoms with Crippen molar-refractivity contribution in [2.45, 2.75) is 13.0 Å². The number of carbonyl (C=O) groups excluding carboxylic acids is 2. The molecule has 1 aromatic rings. The van der Waals surface area contributed by atoms with E-state index in [2.05, 4.69) is 21.2 Å². The highest BCUT2D eigenvalue weighted by molar-refractivity contribution is 9.10. The molecule has 2 amide bonds. The Morgan fingerprint density at radius 2 is 2.10 bits per heavy atom. The molecular formula is C13H13BrN2O4. The Hall–Kier alpha value is -1.89. The standard InChI is InChI=1S/C13H13BrN2O4/c1-7-2-8(4-9(14)3-7)12(18)16-6-11(17)15-5-10(16)13(19)20/h2-4,10H,5-6H2,1H3,(H,15,17)(H,19,20). The van der Waals surface area contributed by atoms with Gasteiger partial charge in [-0.05, 0) is 30.7 Å². The van der Waals surface area contributed by atoms with Crippen LogP contribution in [-0.4, -0.2) is 46.9 Å². The Morgan fingerprint density at radius 3 is 2.70 bits per heavy atom. The van der Waals surface area contributed by atoms with E-state index in [0.717, 1.165) is 14.9 Å². The van der Waals surface area contributed by atoms with Gasteiger partial charge in [0.05, 0.1) is 0 Å². The summed E-state index contributed by atoms with van der Waals surface area (Å²) in [4.78, 5) is 36.1. The van der Waals surface area contributed by atoms with Crippen LogP contribution in [-0.2, 0) is 9.59 Å². The van der Waals surface area contributed by atoms with Gasteiger partial charge in [-0.15, -0.1) is 0 Å². The average Bonchev–Trinajstić information content (AvgIpc) is 2.36. The van der Waals surface area contributed by atoms with Crippen LogP contribution in [0.3, 0.4) is 0 Å². The number of carboxylic acids is 1. The number of aliphatic carboxylic acids is 1. The molecule has 1 aliphatic rings. The summed E-state index contributed by atoms with van der Waals surface area (Å²) in [6, 6.07) is 4.08. The molecule has 0 radical (unpaired) electrons. The molecule has 1 aliphatic heterocycles. The second kappa shape index (κ2) is 5.62. The first-order chi connectivity index (χ1) is 9.38. The zero-order chi connectivity index (χ0) is 14.9. The van der Waals surface area contributed by atoms with Crippen molar-refractivity contribution in [3.05, 3.63) is 33.8 Å². The third-order valence-electron chi connectivity index (χ3n) is 3.02. The first-order valence-electron chi connectivity index (χ1n) is 5.96. The lowest BCUT2D eigenvalue weighted by Gasteiger charge is -2.32. The number of amides is 2. The van der Waals surface area contributed by atoms with Crippen molar-refractivity contribution >= 4 is 33.7 Å². The summed E-state index contributed by atoms with van der Waals surface area (Å²) in [5, 5.41) is 11.6.